The highest BCUT2D eigenvalue weighted by Crippen LogP contribution is 2.64. The Labute approximate surface area is 184 Å². The molecule has 1 aliphatic heterocycles. The summed E-state index contributed by atoms with van der Waals surface area (Å²) in [6, 6.07) is 0.939. The van der Waals surface area contributed by atoms with Gasteiger partial charge in [-0.2, -0.15) is 5.26 Å². The first-order valence-corrected chi connectivity index (χ1v) is 12.2. The van der Waals surface area contributed by atoms with Gasteiger partial charge in [0, 0.05) is 6.04 Å². The van der Waals surface area contributed by atoms with Crippen LogP contribution in [-0.4, -0.2) is 46.5 Å². The van der Waals surface area contributed by atoms with Crippen molar-refractivity contribution in [2.75, 3.05) is 0 Å². The van der Waals surface area contributed by atoms with Crippen LogP contribution in [0.2, 0.25) is 0 Å². The molecule has 6 fully saturated rings. The summed E-state index contributed by atoms with van der Waals surface area (Å²) in [5, 5.41) is 9.54. The summed E-state index contributed by atoms with van der Waals surface area (Å²) in [7, 11) is 0. The SMILES string of the molecule is CC[C@@H](C)[C@H](N)C(=O)OC12CC3C[C@H](C1)CC([C@H](N)C(=O)N1C4CC4C[C@H]1C#N)(C3)C2. The molecule has 1 amide bonds. The lowest BCUT2D eigenvalue weighted by Crippen LogP contribution is -2.66. The maximum Gasteiger partial charge on any atom is 0.323 e. The molecule has 0 radical (unpaired) electrons. The number of nitriles is 1. The molecule has 7 nitrogen and oxygen atoms in total. The van der Waals surface area contributed by atoms with Crippen molar-refractivity contribution < 1.29 is 14.3 Å². The second kappa shape index (κ2) is 7.18. The van der Waals surface area contributed by atoms with Crippen molar-refractivity contribution in [1.82, 2.24) is 4.90 Å². The highest BCUT2D eigenvalue weighted by atomic mass is 16.6. The quantitative estimate of drug-likeness (QED) is 0.625. The molecule has 0 aromatic carbocycles. The minimum atomic E-state index is -0.630. The van der Waals surface area contributed by atoms with Crippen LogP contribution in [-0.2, 0) is 14.3 Å². The van der Waals surface area contributed by atoms with Crippen LogP contribution in [0.5, 0.6) is 0 Å². The van der Waals surface area contributed by atoms with Crippen LogP contribution in [0.15, 0.2) is 0 Å². The Kier molecular flexibility index (Phi) is 4.91. The normalized spacial score (nSPS) is 44.9. The average molecular weight is 429 g/mol. The molecule has 7 heteroatoms. The number of carbonyl (C=O) groups is 2. The van der Waals surface area contributed by atoms with E-state index in [9.17, 15) is 14.9 Å². The van der Waals surface area contributed by atoms with Gasteiger partial charge in [0.2, 0.25) is 5.91 Å². The fourth-order valence-electron chi connectivity index (χ4n) is 7.81. The van der Waals surface area contributed by atoms with E-state index in [1.807, 2.05) is 13.8 Å². The molecular weight excluding hydrogens is 392 g/mol. The summed E-state index contributed by atoms with van der Waals surface area (Å²) in [6.07, 6.45) is 7.97. The highest BCUT2D eigenvalue weighted by molar-refractivity contribution is 5.84. The van der Waals surface area contributed by atoms with E-state index in [2.05, 4.69) is 6.07 Å². The van der Waals surface area contributed by atoms with Gasteiger partial charge in [-0.05, 0) is 80.5 Å². The lowest BCUT2D eigenvalue weighted by Gasteiger charge is -2.62. The fourth-order valence-corrected chi connectivity index (χ4v) is 7.81. The summed E-state index contributed by atoms with van der Waals surface area (Å²) in [5.74, 6) is 1.06. The number of rotatable bonds is 6. The Morgan fingerprint density at radius 3 is 2.45 bits per heavy atom. The lowest BCUT2D eigenvalue weighted by molar-refractivity contribution is -0.207. The number of carbonyl (C=O) groups excluding carboxylic acids is 2. The molecule has 0 aromatic heterocycles. The molecule has 1 heterocycles. The summed E-state index contributed by atoms with van der Waals surface area (Å²) < 4.78 is 6.19. The van der Waals surface area contributed by atoms with Crippen LogP contribution >= 0.6 is 0 Å². The first kappa shape index (κ1) is 21.2. The number of likely N-dealkylation sites (tertiary alicyclic amines) is 1. The number of nitrogens with zero attached hydrogens (tertiary/aromatic N) is 2. The van der Waals surface area contributed by atoms with Gasteiger partial charge < -0.3 is 21.1 Å². The van der Waals surface area contributed by atoms with Crippen LogP contribution < -0.4 is 11.5 Å². The number of nitrogens with two attached hydrogens (primary N) is 2. The summed E-state index contributed by atoms with van der Waals surface area (Å²) in [6.45, 7) is 4.01. The Morgan fingerprint density at radius 1 is 1.16 bits per heavy atom. The van der Waals surface area contributed by atoms with E-state index in [1.54, 1.807) is 4.90 Å². The van der Waals surface area contributed by atoms with E-state index in [1.165, 1.54) is 0 Å². The highest BCUT2D eigenvalue weighted by Gasteiger charge is 2.64. The zero-order valence-corrected chi connectivity index (χ0v) is 18.8. The molecule has 5 aliphatic carbocycles. The van der Waals surface area contributed by atoms with Gasteiger partial charge >= 0.3 is 5.97 Å². The van der Waals surface area contributed by atoms with Crippen LogP contribution in [0.1, 0.15) is 71.6 Å². The lowest BCUT2D eigenvalue weighted by atomic mass is 9.46. The van der Waals surface area contributed by atoms with Gasteiger partial charge in [0.25, 0.3) is 0 Å². The summed E-state index contributed by atoms with van der Waals surface area (Å²) in [4.78, 5) is 28.2. The number of fused-ring (bicyclic) bond motifs is 1. The monoisotopic (exact) mass is 428 g/mol. The van der Waals surface area contributed by atoms with Crippen LogP contribution in [0, 0.1) is 40.4 Å². The third kappa shape index (κ3) is 3.29. The molecule has 0 aromatic rings. The number of amides is 1. The van der Waals surface area contributed by atoms with Crippen molar-refractivity contribution in [2.24, 2.45) is 40.6 Å². The number of hydrogen-bond acceptors (Lipinski definition) is 6. The van der Waals surface area contributed by atoms with Gasteiger partial charge in [0.15, 0.2) is 0 Å². The predicted octanol–water partition coefficient (Wildman–Crippen LogP) is 2.08. The standard InChI is InChI=1S/C24H36N4O3/c1-3-13(2)19(26)22(30)31-24-9-14-4-15(10-24)8-23(7-14,12-24)20(27)21(29)28-17(11-25)5-16-6-18(16)28/h13-20H,3-10,12,26-27H2,1-2H3/t13-,14+,15?,16?,17+,18?,19+,20-,23?,24?/m1/s1. The minimum Gasteiger partial charge on any atom is -0.458 e. The molecule has 0 spiro atoms. The Hall–Kier alpha value is -1.65. The molecule has 5 saturated carbocycles. The molecule has 170 valence electrons. The van der Waals surface area contributed by atoms with Crippen LogP contribution in [0.4, 0.5) is 0 Å². The molecule has 4 bridgehead atoms. The molecular formula is C24H36N4O3. The van der Waals surface area contributed by atoms with Gasteiger partial charge in [0.05, 0.1) is 12.1 Å². The van der Waals surface area contributed by atoms with Crippen molar-refractivity contribution in [3.05, 3.63) is 0 Å². The third-order valence-electron chi connectivity index (χ3n) is 9.33. The van der Waals surface area contributed by atoms with E-state index < -0.39 is 17.7 Å². The Morgan fingerprint density at radius 2 is 1.84 bits per heavy atom. The third-order valence-corrected chi connectivity index (χ3v) is 9.33. The van der Waals surface area contributed by atoms with Crippen molar-refractivity contribution in [2.45, 2.75) is 101 Å². The van der Waals surface area contributed by atoms with Crippen molar-refractivity contribution in [3.63, 3.8) is 0 Å². The van der Waals surface area contributed by atoms with Crippen molar-refractivity contribution >= 4 is 11.9 Å². The Balaban J connectivity index is 1.37. The van der Waals surface area contributed by atoms with Crippen LogP contribution in [0.3, 0.4) is 0 Å². The van der Waals surface area contributed by atoms with E-state index in [0.717, 1.165) is 51.4 Å². The Bertz CT molecular complexity index is 808. The van der Waals surface area contributed by atoms with E-state index >= 15 is 0 Å². The largest absolute Gasteiger partial charge is 0.458 e. The van der Waals surface area contributed by atoms with E-state index in [4.69, 9.17) is 16.2 Å². The van der Waals surface area contributed by atoms with Gasteiger partial charge in [-0.1, -0.05) is 20.3 Å². The molecule has 1 saturated heterocycles. The van der Waals surface area contributed by atoms with E-state index in [0.29, 0.717) is 24.2 Å². The van der Waals surface area contributed by atoms with Gasteiger partial charge in [-0.25, -0.2) is 0 Å². The molecule has 31 heavy (non-hydrogen) atoms. The maximum atomic E-state index is 13.6. The fraction of sp³-hybridized carbons (Fsp3) is 0.875. The number of ether oxygens (including phenoxy) is 1. The second-order valence-corrected chi connectivity index (χ2v) is 11.5. The molecule has 4 N–H and O–H groups in total. The molecule has 6 aliphatic rings. The smallest absolute Gasteiger partial charge is 0.323 e. The van der Waals surface area contributed by atoms with Crippen molar-refractivity contribution in [1.29, 1.82) is 5.26 Å². The maximum absolute atomic E-state index is 13.6. The zero-order chi connectivity index (χ0) is 22.1. The molecule has 5 unspecified atom stereocenters. The number of hydrogen-bond donors (Lipinski definition) is 2. The predicted molar refractivity (Wildman–Crippen MR) is 114 cm³/mol. The van der Waals surface area contributed by atoms with Crippen molar-refractivity contribution in [3.8, 4) is 6.07 Å². The van der Waals surface area contributed by atoms with Gasteiger partial charge in [0.1, 0.15) is 17.7 Å². The topological polar surface area (TPSA) is 122 Å². The molecule has 10 atom stereocenters. The minimum absolute atomic E-state index is 0.0590. The summed E-state index contributed by atoms with van der Waals surface area (Å²) >= 11 is 0. The van der Waals surface area contributed by atoms with Gasteiger partial charge in [-0.3, -0.25) is 9.59 Å². The molecule has 6 rings (SSSR count). The summed E-state index contributed by atoms with van der Waals surface area (Å²) in [5.41, 5.74) is 12.1. The number of esters is 1. The van der Waals surface area contributed by atoms with E-state index in [-0.39, 0.29) is 35.3 Å². The first-order chi connectivity index (χ1) is 14.7. The van der Waals surface area contributed by atoms with Gasteiger partial charge in [-0.15, -0.1) is 0 Å². The average Bonchev–Trinajstić information content (AvgIpc) is 3.39. The first-order valence-electron chi connectivity index (χ1n) is 12.2. The zero-order valence-electron chi connectivity index (χ0n) is 18.8. The van der Waals surface area contributed by atoms with Crippen LogP contribution in [0.25, 0.3) is 0 Å². The second-order valence-electron chi connectivity index (χ2n) is 11.5. The number of piperidine rings is 1.